The largest absolute Gasteiger partial charge is 0.467 e. The van der Waals surface area contributed by atoms with Crippen molar-refractivity contribution in [1.29, 1.82) is 0 Å². The lowest BCUT2D eigenvalue weighted by Gasteiger charge is -2.21. The van der Waals surface area contributed by atoms with E-state index in [0.717, 1.165) is 10.4 Å². The summed E-state index contributed by atoms with van der Waals surface area (Å²) in [6.07, 6.45) is 8.09. The molecule has 188 valence electrons. The van der Waals surface area contributed by atoms with Gasteiger partial charge in [-0.1, -0.05) is 5.92 Å². The molecule has 2 heterocycles. The Morgan fingerprint density at radius 2 is 2.03 bits per heavy atom. The second-order valence-electron chi connectivity index (χ2n) is 6.88. The van der Waals surface area contributed by atoms with E-state index in [2.05, 4.69) is 37.0 Å². The molecular formula is C22H22FN7O5S. The van der Waals surface area contributed by atoms with E-state index < -0.39 is 23.0 Å². The summed E-state index contributed by atoms with van der Waals surface area (Å²) in [6.45, 7) is 1.90. The first kappa shape index (κ1) is 26.3. The first-order valence-corrected chi connectivity index (χ1v) is 11.3. The molecule has 1 unspecified atom stereocenters. The molecule has 0 aliphatic rings. The van der Waals surface area contributed by atoms with Crippen molar-refractivity contribution in [3.05, 3.63) is 53.6 Å². The van der Waals surface area contributed by atoms with Gasteiger partial charge in [-0.3, -0.25) is 18.5 Å². The van der Waals surface area contributed by atoms with Crippen LogP contribution in [0.5, 0.6) is 6.01 Å². The summed E-state index contributed by atoms with van der Waals surface area (Å²) in [4.78, 5) is 30.0. The highest BCUT2D eigenvalue weighted by Gasteiger charge is 2.20. The number of aromatic nitrogens is 3. The van der Waals surface area contributed by atoms with Gasteiger partial charge in [-0.05, 0) is 19.1 Å². The highest BCUT2D eigenvalue weighted by molar-refractivity contribution is 7.80. The van der Waals surface area contributed by atoms with Gasteiger partial charge >= 0.3 is 6.01 Å². The van der Waals surface area contributed by atoms with Crippen molar-refractivity contribution >= 4 is 45.9 Å². The molecule has 4 N–H and O–H groups in total. The van der Waals surface area contributed by atoms with E-state index in [1.807, 2.05) is 0 Å². The number of nitrogens with one attached hydrogen (secondary N) is 3. The zero-order chi connectivity index (χ0) is 26.2. The molecule has 3 aromatic rings. The fraction of sp³-hybridized carbons (Fsp3) is 0.182. The van der Waals surface area contributed by atoms with Crippen LogP contribution in [-0.4, -0.2) is 50.4 Å². The highest BCUT2D eigenvalue weighted by atomic mass is 32.2. The summed E-state index contributed by atoms with van der Waals surface area (Å²) < 4.78 is 41.9. The molecule has 0 fully saturated rings. The molecule has 14 heteroatoms. The Hall–Kier alpha value is -4.32. The topological polar surface area (TPSA) is 151 Å². The summed E-state index contributed by atoms with van der Waals surface area (Å²) in [5, 5.41) is 5.88. The number of rotatable bonds is 10. The van der Waals surface area contributed by atoms with Crippen LogP contribution in [0, 0.1) is 18.2 Å². The van der Waals surface area contributed by atoms with Crippen molar-refractivity contribution in [3.63, 3.8) is 0 Å². The minimum atomic E-state index is -2.45. The minimum Gasteiger partial charge on any atom is -0.467 e. The minimum absolute atomic E-state index is 0.0365. The molecule has 1 atom stereocenters. The monoisotopic (exact) mass is 515 g/mol. The van der Waals surface area contributed by atoms with E-state index in [-0.39, 0.29) is 46.6 Å². The second-order valence-corrected chi connectivity index (χ2v) is 7.89. The molecule has 3 rings (SSSR count). The maximum atomic E-state index is 14.6. The number of nitrogens with zero attached hydrogens (tertiary/aromatic N) is 4. The molecule has 0 bridgehead atoms. The smallest absolute Gasteiger partial charge is 0.318 e. The predicted molar refractivity (Wildman–Crippen MR) is 132 cm³/mol. The second kappa shape index (κ2) is 11.9. The first-order valence-electron chi connectivity index (χ1n) is 10.3. The van der Waals surface area contributed by atoms with Crippen LogP contribution in [0.2, 0.25) is 0 Å². The maximum absolute atomic E-state index is 14.6. The van der Waals surface area contributed by atoms with Gasteiger partial charge in [0, 0.05) is 31.6 Å². The molecule has 2 aromatic heterocycles. The number of benzene rings is 1. The van der Waals surface area contributed by atoms with Crippen molar-refractivity contribution in [1.82, 2.24) is 20.4 Å². The first-order chi connectivity index (χ1) is 17.3. The Morgan fingerprint density at radius 3 is 2.69 bits per heavy atom. The standard InChI is InChI=1S/C22H22FN7O5S/c1-5-13-9-18(30(3)36(32)33)17(10-15(13)23)26-16-11-20(25-12-14(16)21(31)29-35-6-2)27-19-7-8-24-22(28-19)34-4/h1,7-12H,6H2,2-4H3,(H,29,31)(H,32,33)(H2,24,25,26,27,28). The van der Waals surface area contributed by atoms with Gasteiger partial charge < -0.3 is 15.4 Å². The van der Waals surface area contributed by atoms with Crippen LogP contribution >= 0.6 is 0 Å². The van der Waals surface area contributed by atoms with Crippen molar-refractivity contribution in [2.24, 2.45) is 0 Å². The third-order valence-corrected chi connectivity index (χ3v) is 5.28. The van der Waals surface area contributed by atoms with Gasteiger partial charge in [0.2, 0.25) is 0 Å². The number of carbonyl (C=O) groups excluding carboxylic acids is 1. The fourth-order valence-corrected chi connectivity index (χ4v) is 3.22. The number of ether oxygens (including phenoxy) is 1. The summed E-state index contributed by atoms with van der Waals surface area (Å²) in [5.74, 6) is 1.41. The summed E-state index contributed by atoms with van der Waals surface area (Å²) >= 11 is -2.45. The zero-order valence-corrected chi connectivity index (χ0v) is 20.2. The highest BCUT2D eigenvalue weighted by Crippen LogP contribution is 2.33. The molecule has 36 heavy (non-hydrogen) atoms. The average molecular weight is 516 g/mol. The number of anilines is 5. The van der Waals surface area contributed by atoms with E-state index in [1.165, 1.54) is 38.7 Å². The summed E-state index contributed by atoms with van der Waals surface area (Å²) in [7, 11) is 2.74. The van der Waals surface area contributed by atoms with Crippen molar-refractivity contribution in [2.75, 3.05) is 35.7 Å². The number of methoxy groups -OCH3 is 1. The summed E-state index contributed by atoms with van der Waals surface area (Å²) in [5.41, 5.74) is 2.52. The van der Waals surface area contributed by atoms with E-state index in [9.17, 15) is 17.9 Å². The fourth-order valence-electron chi connectivity index (χ4n) is 2.90. The molecule has 0 spiro atoms. The van der Waals surface area contributed by atoms with Gasteiger partial charge in [-0.15, -0.1) is 6.42 Å². The molecule has 0 aliphatic heterocycles. The van der Waals surface area contributed by atoms with Crippen LogP contribution in [-0.2, 0) is 16.1 Å². The number of hydrogen-bond acceptors (Lipinski definition) is 9. The molecule has 0 radical (unpaired) electrons. The third-order valence-electron chi connectivity index (χ3n) is 4.61. The third kappa shape index (κ3) is 6.21. The van der Waals surface area contributed by atoms with Crippen molar-refractivity contribution in [3.8, 4) is 18.4 Å². The number of halogens is 1. The van der Waals surface area contributed by atoms with Crippen LogP contribution in [0.15, 0.2) is 36.7 Å². The van der Waals surface area contributed by atoms with Crippen LogP contribution in [0.25, 0.3) is 0 Å². The number of hydroxylamine groups is 1. The molecular weight excluding hydrogens is 493 g/mol. The Bertz CT molecular complexity index is 1330. The van der Waals surface area contributed by atoms with Crippen LogP contribution in [0.3, 0.4) is 0 Å². The van der Waals surface area contributed by atoms with E-state index in [0.29, 0.717) is 5.82 Å². The lowest BCUT2D eigenvalue weighted by atomic mass is 10.1. The quantitative estimate of drug-likeness (QED) is 0.180. The Labute approximate surface area is 208 Å². The van der Waals surface area contributed by atoms with Crippen LogP contribution < -0.4 is 25.2 Å². The molecule has 0 saturated heterocycles. The van der Waals surface area contributed by atoms with Crippen LogP contribution in [0.4, 0.5) is 33.1 Å². The van der Waals surface area contributed by atoms with Gasteiger partial charge in [-0.25, -0.2) is 24.0 Å². The Kier molecular flexibility index (Phi) is 8.68. The molecule has 0 aliphatic carbocycles. The average Bonchev–Trinajstić information content (AvgIpc) is 2.87. The molecule has 1 amide bonds. The number of pyridine rings is 1. The Morgan fingerprint density at radius 1 is 1.25 bits per heavy atom. The van der Waals surface area contributed by atoms with E-state index in [1.54, 1.807) is 13.0 Å². The number of amides is 1. The summed E-state index contributed by atoms with van der Waals surface area (Å²) in [6, 6.07) is 5.45. The maximum Gasteiger partial charge on any atom is 0.318 e. The van der Waals surface area contributed by atoms with E-state index in [4.69, 9.17) is 16.0 Å². The van der Waals surface area contributed by atoms with Crippen molar-refractivity contribution in [2.45, 2.75) is 6.92 Å². The SMILES string of the molecule is C#Cc1cc(N(C)S(=O)O)c(Nc2cc(Nc3ccnc(OC)n3)ncc2C(=O)NOCC)cc1F. The number of terminal acetylenes is 1. The van der Waals surface area contributed by atoms with Gasteiger partial charge in [0.1, 0.15) is 17.5 Å². The van der Waals surface area contributed by atoms with Gasteiger partial charge in [0.05, 0.1) is 41.9 Å². The number of hydrogen-bond donors (Lipinski definition) is 4. The van der Waals surface area contributed by atoms with Crippen molar-refractivity contribution < 1.29 is 27.5 Å². The Balaban J connectivity index is 2.08. The lowest BCUT2D eigenvalue weighted by molar-refractivity contribution is 0.0365. The molecule has 12 nitrogen and oxygen atoms in total. The van der Waals surface area contributed by atoms with Gasteiger partial charge in [0.15, 0.2) is 0 Å². The number of carbonyl (C=O) groups is 1. The van der Waals surface area contributed by atoms with Gasteiger partial charge in [-0.2, -0.15) is 4.98 Å². The molecule has 0 saturated carbocycles. The van der Waals surface area contributed by atoms with Gasteiger partial charge in [0.25, 0.3) is 17.2 Å². The normalized spacial score (nSPS) is 11.2. The van der Waals surface area contributed by atoms with E-state index >= 15 is 0 Å². The lowest BCUT2D eigenvalue weighted by Crippen LogP contribution is -2.25. The molecule has 1 aromatic carbocycles. The van der Waals surface area contributed by atoms with Crippen LogP contribution in [0.1, 0.15) is 22.8 Å². The predicted octanol–water partition coefficient (Wildman–Crippen LogP) is 2.74. The zero-order valence-electron chi connectivity index (χ0n) is 19.4.